The van der Waals surface area contributed by atoms with Gasteiger partial charge >= 0.3 is 0 Å². The summed E-state index contributed by atoms with van der Waals surface area (Å²) in [6.45, 7) is 7.79. The number of nitrogens with one attached hydrogen (secondary N) is 2. The van der Waals surface area contributed by atoms with Crippen LogP contribution in [0.5, 0.6) is 0 Å². The topological polar surface area (TPSA) is 109 Å². The van der Waals surface area contributed by atoms with Crippen molar-refractivity contribution in [1.29, 1.82) is 0 Å². The minimum atomic E-state index is -0.292. The van der Waals surface area contributed by atoms with Crippen molar-refractivity contribution in [2.24, 2.45) is 5.92 Å². The van der Waals surface area contributed by atoms with E-state index in [2.05, 4.69) is 25.5 Å². The zero-order valence-electron chi connectivity index (χ0n) is 19.8. The van der Waals surface area contributed by atoms with Crippen LogP contribution in [-0.4, -0.2) is 46.0 Å². The quantitative estimate of drug-likeness (QED) is 0.536. The zero-order valence-corrected chi connectivity index (χ0v) is 20.6. The van der Waals surface area contributed by atoms with E-state index >= 15 is 0 Å². The van der Waals surface area contributed by atoms with Gasteiger partial charge in [-0.15, -0.1) is 0 Å². The van der Waals surface area contributed by atoms with E-state index in [1.807, 2.05) is 39.0 Å². The van der Waals surface area contributed by atoms with Gasteiger partial charge in [-0.2, -0.15) is 4.98 Å². The second kappa shape index (κ2) is 10.3. The molecule has 9 nitrogen and oxygen atoms in total. The molecule has 3 aromatic rings. The number of nitrogens with zero attached hydrogens (tertiary/aromatic N) is 4. The molecule has 1 aromatic carbocycles. The Kier molecular flexibility index (Phi) is 7.26. The Morgan fingerprint density at radius 1 is 1.24 bits per heavy atom. The molecule has 0 spiro atoms. The predicted octanol–water partition coefficient (Wildman–Crippen LogP) is 2.85. The lowest BCUT2D eigenvalue weighted by Crippen LogP contribution is -2.43. The maximum absolute atomic E-state index is 13.1. The lowest BCUT2D eigenvalue weighted by atomic mass is 9.97. The van der Waals surface area contributed by atoms with Gasteiger partial charge in [0, 0.05) is 25.3 Å². The monoisotopic (exact) mass is 482 g/mol. The van der Waals surface area contributed by atoms with Crippen molar-refractivity contribution < 1.29 is 9.59 Å². The first-order chi connectivity index (χ1) is 16.4. The molecule has 2 N–H and O–H groups in total. The van der Waals surface area contributed by atoms with Crippen molar-refractivity contribution in [3.63, 3.8) is 0 Å². The van der Waals surface area contributed by atoms with Crippen LogP contribution in [0.15, 0.2) is 29.3 Å². The molecule has 2 amide bonds. The number of thiazole rings is 1. The Morgan fingerprint density at radius 3 is 2.74 bits per heavy atom. The van der Waals surface area contributed by atoms with Crippen LogP contribution in [0.2, 0.25) is 0 Å². The summed E-state index contributed by atoms with van der Waals surface area (Å²) in [4.78, 5) is 49.1. The van der Waals surface area contributed by atoms with Crippen LogP contribution in [0.3, 0.4) is 0 Å². The maximum Gasteiger partial charge on any atom is 0.273 e. The third-order valence-corrected chi connectivity index (χ3v) is 7.14. The van der Waals surface area contributed by atoms with E-state index in [1.54, 1.807) is 0 Å². The van der Waals surface area contributed by atoms with Gasteiger partial charge in [-0.1, -0.05) is 36.5 Å². The van der Waals surface area contributed by atoms with Gasteiger partial charge in [-0.3, -0.25) is 19.0 Å². The number of carbonyl (C=O) groups excluding carboxylic acids is 2. The molecular weight excluding hydrogens is 452 g/mol. The van der Waals surface area contributed by atoms with Crippen LogP contribution in [0.4, 0.5) is 10.8 Å². The first-order valence-corrected chi connectivity index (χ1v) is 12.4. The van der Waals surface area contributed by atoms with Gasteiger partial charge in [0.05, 0.1) is 5.92 Å². The number of amides is 2. The van der Waals surface area contributed by atoms with E-state index in [1.165, 1.54) is 22.2 Å². The smallest absolute Gasteiger partial charge is 0.273 e. The van der Waals surface area contributed by atoms with Gasteiger partial charge < -0.3 is 15.5 Å². The summed E-state index contributed by atoms with van der Waals surface area (Å²) < 4.78 is 1.72. The van der Waals surface area contributed by atoms with E-state index < -0.39 is 0 Å². The summed E-state index contributed by atoms with van der Waals surface area (Å²) in [7, 11) is 0. The predicted molar refractivity (Wildman–Crippen MR) is 134 cm³/mol. The summed E-state index contributed by atoms with van der Waals surface area (Å²) in [5.74, 6) is -0.309. The number of anilines is 2. The van der Waals surface area contributed by atoms with Gasteiger partial charge in [0.2, 0.25) is 11.8 Å². The normalized spacial score (nSPS) is 16.0. The van der Waals surface area contributed by atoms with Gasteiger partial charge in [-0.05, 0) is 44.2 Å². The van der Waals surface area contributed by atoms with Crippen molar-refractivity contribution in [1.82, 2.24) is 19.9 Å². The van der Waals surface area contributed by atoms with Crippen molar-refractivity contribution in [2.75, 3.05) is 29.9 Å². The van der Waals surface area contributed by atoms with E-state index in [9.17, 15) is 14.4 Å². The molecule has 3 heterocycles. The molecule has 180 valence electrons. The van der Waals surface area contributed by atoms with Gasteiger partial charge in [0.25, 0.3) is 5.56 Å². The molecule has 0 radical (unpaired) electrons. The van der Waals surface area contributed by atoms with Crippen molar-refractivity contribution in [2.45, 2.75) is 46.6 Å². The number of para-hydroxylation sites is 1. The molecule has 1 aliphatic heterocycles. The Labute approximate surface area is 202 Å². The molecular formula is C24H30N6O3S. The van der Waals surface area contributed by atoms with E-state index in [4.69, 9.17) is 0 Å². The SMILES string of the molecule is CCCNC(=O)[C@@H]1CCCN(c2nc3ncn(CC(=O)Nc4c(C)cccc4C)c(=O)c3s2)C1. The Hall–Kier alpha value is -3.27. The molecule has 2 aromatic heterocycles. The molecule has 0 unspecified atom stereocenters. The number of piperidine rings is 1. The van der Waals surface area contributed by atoms with Crippen LogP contribution >= 0.6 is 11.3 Å². The molecule has 4 rings (SSSR count). The van der Waals surface area contributed by atoms with Crippen LogP contribution in [0.25, 0.3) is 10.3 Å². The van der Waals surface area contributed by atoms with Gasteiger partial charge in [0.15, 0.2) is 10.8 Å². The van der Waals surface area contributed by atoms with Crippen LogP contribution in [0, 0.1) is 19.8 Å². The van der Waals surface area contributed by atoms with Crippen molar-refractivity contribution in [3.05, 3.63) is 46.0 Å². The first-order valence-electron chi connectivity index (χ1n) is 11.6. The summed E-state index contributed by atoms with van der Waals surface area (Å²) in [5.41, 5.74) is 2.76. The van der Waals surface area contributed by atoms with Gasteiger partial charge in [0.1, 0.15) is 17.6 Å². The average Bonchev–Trinajstić information content (AvgIpc) is 3.27. The summed E-state index contributed by atoms with van der Waals surface area (Å²) >= 11 is 1.27. The molecule has 0 aliphatic carbocycles. The van der Waals surface area contributed by atoms with E-state index in [0.29, 0.717) is 28.6 Å². The fourth-order valence-electron chi connectivity index (χ4n) is 4.19. The third-order valence-electron chi connectivity index (χ3n) is 6.04. The second-order valence-electron chi connectivity index (χ2n) is 8.72. The van der Waals surface area contributed by atoms with Crippen LogP contribution in [-0.2, 0) is 16.1 Å². The fourth-order valence-corrected chi connectivity index (χ4v) is 5.19. The minimum absolute atomic E-state index is 0.0723. The summed E-state index contributed by atoms with van der Waals surface area (Å²) in [6, 6.07) is 5.80. The standard InChI is InChI=1S/C24H30N6O3S/c1-4-10-25-22(32)17-9-6-11-29(12-17)24-28-21-20(34-24)23(33)30(14-26-21)13-18(31)27-19-15(2)7-5-8-16(19)3/h5,7-8,14,17H,4,6,9-13H2,1-3H3,(H,25,32)(H,27,31)/t17-/m1/s1. The molecule has 10 heteroatoms. The molecule has 1 atom stereocenters. The highest BCUT2D eigenvalue weighted by molar-refractivity contribution is 7.22. The molecule has 0 bridgehead atoms. The summed E-state index contributed by atoms with van der Waals surface area (Å²) in [6.07, 6.45) is 4.00. The highest BCUT2D eigenvalue weighted by Crippen LogP contribution is 2.29. The minimum Gasteiger partial charge on any atom is -0.356 e. The lowest BCUT2D eigenvalue weighted by molar-refractivity contribution is -0.125. The highest BCUT2D eigenvalue weighted by atomic mass is 32.1. The Morgan fingerprint density at radius 2 is 2.00 bits per heavy atom. The molecule has 34 heavy (non-hydrogen) atoms. The third kappa shape index (κ3) is 5.11. The molecule has 0 saturated carbocycles. The lowest BCUT2D eigenvalue weighted by Gasteiger charge is -2.31. The summed E-state index contributed by atoms with van der Waals surface area (Å²) in [5, 5.41) is 6.56. The number of benzene rings is 1. The number of hydrogen-bond acceptors (Lipinski definition) is 7. The Bertz CT molecular complexity index is 1250. The maximum atomic E-state index is 13.1. The molecule has 1 aliphatic rings. The first kappa shape index (κ1) is 23.9. The number of fused-ring (bicyclic) bond motifs is 1. The average molecular weight is 483 g/mol. The van der Waals surface area contributed by atoms with Gasteiger partial charge in [-0.25, -0.2) is 4.98 Å². The van der Waals surface area contributed by atoms with E-state index in [-0.39, 0.29) is 29.8 Å². The number of rotatable bonds is 7. The van der Waals surface area contributed by atoms with Crippen LogP contribution in [0.1, 0.15) is 37.3 Å². The second-order valence-corrected chi connectivity index (χ2v) is 9.70. The van der Waals surface area contributed by atoms with E-state index in [0.717, 1.165) is 42.6 Å². The number of aryl methyl sites for hydroxylation is 2. The van der Waals surface area contributed by atoms with Crippen LogP contribution < -0.4 is 21.1 Å². The number of carbonyl (C=O) groups is 2. The van der Waals surface area contributed by atoms with Crippen molar-refractivity contribution in [3.8, 4) is 0 Å². The highest BCUT2D eigenvalue weighted by Gasteiger charge is 2.28. The van der Waals surface area contributed by atoms with Crippen molar-refractivity contribution >= 4 is 44.3 Å². The Balaban J connectivity index is 1.50. The molecule has 1 saturated heterocycles. The fraction of sp³-hybridized carbons (Fsp3) is 0.458. The molecule has 1 fully saturated rings. The largest absolute Gasteiger partial charge is 0.356 e. The number of hydrogen-bond donors (Lipinski definition) is 2. The zero-order chi connectivity index (χ0) is 24.2. The number of aromatic nitrogens is 3.